The fourth-order valence-corrected chi connectivity index (χ4v) is 4.31. The van der Waals surface area contributed by atoms with Crippen molar-refractivity contribution in [3.63, 3.8) is 0 Å². The van der Waals surface area contributed by atoms with Gasteiger partial charge in [-0.15, -0.1) is 6.58 Å². The third-order valence-electron chi connectivity index (χ3n) is 5.21. The summed E-state index contributed by atoms with van der Waals surface area (Å²) >= 11 is 0. The summed E-state index contributed by atoms with van der Waals surface area (Å²) in [5.41, 5.74) is 0. The summed E-state index contributed by atoms with van der Waals surface area (Å²) in [6.07, 6.45) is 19.8. The fourth-order valence-electron chi connectivity index (χ4n) is 4.31. The van der Waals surface area contributed by atoms with E-state index in [4.69, 9.17) is 0 Å². The predicted octanol–water partition coefficient (Wildman–Crippen LogP) is 5.73. The van der Waals surface area contributed by atoms with Crippen molar-refractivity contribution in [3.8, 4) is 0 Å². The number of fused-ring (bicyclic) bond motifs is 2. The molecule has 2 aliphatic heterocycles. The summed E-state index contributed by atoms with van der Waals surface area (Å²) in [6.45, 7) is 4.91. The molecule has 2 fully saturated rings. The van der Waals surface area contributed by atoms with Crippen molar-refractivity contribution in [2.45, 2.75) is 88.6 Å². The normalized spacial score (nSPS) is 28.1. The second kappa shape index (κ2) is 7.29. The molecule has 0 atom stereocenters. The highest BCUT2D eigenvalue weighted by Crippen LogP contribution is 2.48. The predicted molar refractivity (Wildman–Crippen MR) is 79.0 cm³/mol. The number of rotatable bonds is 7. The van der Waals surface area contributed by atoms with Gasteiger partial charge in [-0.3, -0.25) is 0 Å². The van der Waals surface area contributed by atoms with E-state index < -0.39 is 0 Å². The van der Waals surface area contributed by atoms with Gasteiger partial charge in [-0.25, -0.2) is 0 Å². The number of allylic oxidation sites excluding steroid dienone is 1. The van der Waals surface area contributed by atoms with Crippen molar-refractivity contribution in [2.75, 3.05) is 0 Å². The molecule has 2 heterocycles. The van der Waals surface area contributed by atoms with Crippen LogP contribution in [0.25, 0.3) is 0 Å². The molecule has 0 radical (unpaired) electrons. The van der Waals surface area contributed by atoms with Crippen LogP contribution in [0.3, 0.4) is 0 Å². The first-order chi connectivity index (χ1) is 8.42. The van der Waals surface area contributed by atoms with Crippen molar-refractivity contribution < 1.29 is 0 Å². The Morgan fingerprint density at radius 1 is 0.882 bits per heavy atom. The Bertz CT molecular complexity index is 202. The van der Waals surface area contributed by atoms with E-state index in [1.165, 1.54) is 44.9 Å². The molecule has 0 nitrogen and oxygen atoms in total. The molecule has 2 bridgehead atoms. The molecule has 0 aromatic heterocycles. The average Bonchev–Trinajstić information content (AvgIpc) is 2.33. The van der Waals surface area contributed by atoms with Crippen LogP contribution in [0.1, 0.15) is 70.6 Å². The van der Waals surface area contributed by atoms with E-state index in [-0.39, 0.29) is 0 Å². The van der Waals surface area contributed by atoms with E-state index in [9.17, 15) is 0 Å². The Morgan fingerprint density at radius 3 is 2.06 bits per heavy atom. The minimum Gasteiger partial charge on any atom is -0.103 e. The number of hydrogen-bond acceptors (Lipinski definition) is 0. The Labute approximate surface area is 108 Å². The van der Waals surface area contributed by atoms with Gasteiger partial charge in [0, 0.05) is 0 Å². The third kappa shape index (κ3) is 3.90. The summed E-state index contributed by atoms with van der Waals surface area (Å²) in [5.74, 6) is 2.24. The van der Waals surface area contributed by atoms with Crippen LogP contribution < -0.4 is 0 Å². The van der Waals surface area contributed by atoms with Gasteiger partial charge in [-0.2, -0.15) is 0 Å². The zero-order valence-electron chi connectivity index (χ0n) is 11.5. The van der Waals surface area contributed by atoms with Gasteiger partial charge in [0.25, 0.3) is 0 Å². The maximum atomic E-state index is 3.79. The second-order valence-electron chi connectivity index (χ2n) is 6.33. The highest BCUT2D eigenvalue weighted by molar-refractivity contribution is 6.62. The van der Waals surface area contributed by atoms with Gasteiger partial charge < -0.3 is 0 Å². The molecule has 0 unspecified atom stereocenters. The van der Waals surface area contributed by atoms with Gasteiger partial charge in [0.1, 0.15) is 6.71 Å². The molecule has 2 rings (SSSR count). The Kier molecular flexibility index (Phi) is 5.68. The molecule has 17 heavy (non-hydrogen) atoms. The largest absolute Gasteiger partial charge is 0.146 e. The van der Waals surface area contributed by atoms with E-state index >= 15 is 0 Å². The van der Waals surface area contributed by atoms with Crippen LogP contribution in [0, 0.1) is 0 Å². The summed E-state index contributed by atoms with van der Waals surface area (Å²) < 4.78 is 0. The first-order valence-corrected chi connectivity index (χ1v) is 8.02. The van der Waals surface area contributed by atoms with Gasteiger partial charge in [-0.1, -0.05) is 81.8 Å². The third-order valence-corrected chi connectivity index (χ3v) is 5.21. The number of hydrogen-bond donors (Lipinski definition) is 0. The van der Waals surface area contributed by atoms with Crippen LogP contribution in [-0.2, 0) is 0 Å². The minimum atomic E-state index is 1.12. The van der Waals surface area contributed by atoms with Gasteiger partial charge in [0.2, 0.25) is 0 Å². The maximum absolute atomic E-state index is 3.79. The van der Waals surface area contributed by atoms with Crippen molar-refractivity contribution >= 4 is 6.71 Å². The molecule has 2 aliphatic rings. The van der Waals surface area contributed by atoms with Crippen molar-refractivity contribution in [2.24, 2.45) is 0 Å². The van der Waals surface area contributed by atoms with Crippen LogP contribution in [0.5, 0.6) is 0 Å². The van der Waals surface area contributed by atoms with Gasteiger partial charge in [0.05, 0.1) is 0 Å². The number of unbranched alkanes of at least 4 members (excludes halogenated alkanes) is 4. The van der Waals surface area contributed by atoms with Gasteiger partial charge >= 0.3 is 0 Å². The minimum absolute atomic E-state index is 1.12. The molecule has 0 aliphatic carbocycles. The molecule has 0 aromatic carbocycles. The van der Waals surface area contributed by atoms with Crippen molar-refractivity contribution in [1.29, 1.82) is 0 Å². The fraction of sp³-hybridized carbons (Fsp3) is 0.875. The molecule has 96 valence electrons. The molecular weight excluding hydrogens is 203 g/mol. The maximum Gasteiger partial charge on any atom is 0.146 e. The zero-order chi connectivity index (χ0) is 11.9. The average molecular weight is 232 g/mol. The molecule has 0 amide bonds. The van der Waals surface area contributed by atoms with Crippen LogP contribution in [0.4, 0.5) is 0 Å². The molecule has 0 N–H and O–H groups in total. The van der Waals surface area contributed by atoms with E-state index in [1.807, 2.05) is 0 Å². The van der Waals surface area contributed by atoms with Crippen molar-refractivity contribution in [3.05, 3.63) is 12.7 Å². The van der Waals surface area contributed by atoms with Crippen LogP contribution in [0.2, 0.25) is 18.0 Å². The standard InChI is InChI=1S/C16H29B/c1-2-3-4-5-6-7-14-17-15-10-8-11-16(17)13-9-12-15/h2,15-16H,1,3-14H2. The first kappa shape index (κ1) is 13.2. The van der Waals surface area contributed by atoms with Gasteiger partial charge in [0.15, 0.2) is 0 Å². The Morgan fingerprint density at radius 2 is 1.47 bits per heavy atom. The highest BCUT2D eigenvalue weighted by atomic mass is 14.2. The van der Waals surface area contributed by atoms with Crippen LogP contribution in [0.15, 0.2) is 12.7 Å². The summed E-state index contributed by atoms with van der Waals surface area (Å²) in [4.78, 5) is 0. The smallest absolute Gasteiger partial charge is 0.103 e. The molecule has 1 heteroatoms. The van der Waals surface area contributed by atoms with E-state index in [0.29, 0.717) is 0 Å². The van der Waals surface area contributed by atoms with E-state index in [1.54, 1.807) is 32.0 Å². The van der Waals surface area contributed by atoms with Crippen molar-refractivity contribution in [1.82, 2.24) is 0 Å². The molecule has 0 saturated carbocycles. The summed E-state index contributed by atoms with van der Waals surface area (Å²) in [5, 5.41) is 0. The lowest BCUT2D eigenvalue weighted by Gasteiger charge is -2.40. The zero-order valence-corrected chi connectivity index (χ0v) is 11.5. The van der Waals surface area contributed by atoms with Crippen LogP contribution >= 0.6 is 0 Å². The topological polar surface area (TPSA) is 0 Å². The molecule has 0 spiro atoms. The lowest BCUT2D eigenvalue weighted by atomic mass is 9.26. The monoisotopic (exact) mass is 232 g/mol. The Hall–Kier alpha value is -0.195. The van der Waals surface area contributed by atoms with Gasteiger partial charge in [-0.05, 0) is 12.8 Å². The van der Waals surface area contributed by atoms with E-state index in [0.717, 1.165) is 18.3 Å². The highest BCUT2D eigenvalue weighted by Gasteiger charge is 2.37. The Balaban J connectivity index is 1.62. The quantitative estimate of drug-likeness (QED) is 0.299. The molecule has 0 aromatic rings. The van der Waals surface area contributed by atoms with E-state index in [2.05, 4.69) is 12.7 Å². The second-order valence-corrected chi connectivity index (χ2v) is 6.33. The molecule has 2 saturated heterocycles. The summed E-state index contributed by atoms with van der Waals surface area (Å²) in [7, 11) is 0. The van der Waals surface area contributed by atoms with Crippen LogP contribution in [-0.4, -0.2) is 6.71 Å². The molecular formula is C16H29B. The lowest BCUT2D eigenvalue weighted by molar-refractivity contribution is 0.439. The summed E-state index contributed by atoms with van der Waals surface area (Å²) in [6, 6.07) is 0. The SMILES string of the molecule is C=CCCCCCCB1C2CCCC1CCC2. The first-order valence-electron chi connectivity index (χ1n) is 8.02. The lowest BCUT2D eigenvalue weighted by Crippen LogP contribution is -2.34.